The second kappa shape index (κ2) is 7.55. The Balaban J connectivity index is 1.90. The van der Waals surface area contributed by atoms with Crippen LogP contribution in [0.5, 0.6) is 0 Å². The van der Waals surface area contributed by atoms with Gasteiger partial charge in [-0.15, -0.1) is 0 Å². The molecule has 1 aliphatic rings. The van der Waals surface area contributed by atoms with Crippen molar-refractivity contribution in [3.05, 3.63) is 35.7 Å². The normalized spacial score (nSPS) is 20.5. The molecule has 1 saturated heterocycles. The lowest BCUT2D eigenvalue weighted by atomic mass is 10.2. The molecule has 1 fully saturated rings. The smallest absolute Gasteiger partial charge is 0.297 e. The van der Waals surface area contributed by atoms with Gasteiger partial charge in [0.15, 0.2) is 0 Å². The molecule has 1 aromatic carbocycles. The molecule has 0 aliphatic carbocycles. The van der Waals surface area contributed by atoms with Crippen LogP contribution in [0.3, 0.4) is 0 Å². The number of rotatable bonds is 6. The first-order valence-corrected chi connectivity index (χ1v) is 8.87. The Morgan fingerprint density at radius 2 is 2.00 bits per heavy atom. The highest BCUT2D eigenvalue weighted by atomic mass is 32.2. The third-order valence-corrected chi connectivity index (χ3v) is 4.78. The molecule has 0 spiro atoms. The van der Waals surface area contributed by atoms with Gasteiger partial charge in [-0.2, -0.15) is 8.42 Å². The van der Waals surface area contributed by atoms with Gasteiger partial charge in [-0.25, -0.2) is 0 Å². The van der Waals surface area contributed by atoms with Crippen molar-refractivity contribution in [3.8, 4) is 0 Å². The summed E-state index contributed by atoms with van der Waals surface area (Å²) in [5, 5.41) is 0. The van der Waals surface area contributed by atoms with Gasteiger partial charge in [-0.3, -0.25) is 9.08 Å². The van der Waals surface area contributed by atoms with Crippen molar-refractivity contribution in [2.45, 2.75) is 31.8 Å². The Bertz CT molecular complexity index is 568. The first kappa shape index (κ1) is 17.4. The SMILES string of the molecule is C[C](C)CN1CCO[C@H](COS(=O)(=O)c2ccc(C)cc2)C1. The monoisotopic (exact) mass is 326 g/mol. The average molecular weight is 326 g/mol. The van der Waals surface area contributed by atoms with Crippen LogP contribution < -0.4 is 0 Å². The van der Waals surface area contributed by atoms with Crippen LogP contribution in [0.25, 0.3) is 0 Å². The van der Waals surface area contributed by atoms with Gasteiger partial charge in [0.05, 0.1) is 24.2 Å². The molecule has 1 heterocycles. The second-order valence-electron chi connectivity index (χ2n) is 5.99. The molecule has 2 rings (SSSR count). The van der Waals surface area contributed by atoms with Crippen LogP contribution in [0.4, 0.5) is 0 Å². The van der Waals surface area contributed by atoms with E-state index in [-0.39, 0.29) is 17.6 Å². The molecule has 1 atom stereocenters. The van der Waals surface area contributed by atoms with Crippen molar-refractivity contribution in [3.63, 3.8) is 0 Å². The van der Waals surface area contributed by atoms with Crippen LogP contribution in [-0.4, -0.2) is 52.3 Å². The summed E-state index contributed by atoms with van der Waals surface area (Å²) in [6.07, 6.45) is -0.215. The molecule has 1 aromatic rings. The Hall–Kier alpha value is -0.950. The standard InChI is InChI=1S/C16H24NO4S/c1-13(2)10-17-8-9-20-15(11-17)12-21-22(18,19)16-6-4-14(3)5-7-16/h4-7,15H,8-12H2,1-3H3/t15-/m0/s1. The average Bonchev–Trinajstić information content (AvgIpc) is 2.45. The van der Waals surface area contributed by atoms with Crippen molar-refractivity contribution in [2.24, 2.45) is 0 Å². The zero-order valence-corrected chi connectivity index (χ0v) is 14.2. The molecule has 0 N–H and O–H groups in total. The fraction of sp³-hybridized carbons (Fsp3) is 0.562. The number of hydrogen-bond donors (Lipinski definition) is 0. The summed E-state index contributed by atoms with van der Waals surface area (Å²) in [6, 6.07) is 6.64. The highest BCUT2D eigenvalue weighted by Crippen LogP contribution is 2.15. The Morgan fingerprint density at radius 1 is 1.32 bits per heavy atom. The second-order valence-corrected chi connectivity index (χ2v) is 7.60. The summed E-state index contributed by atoms with van der Waals surface area (Å²) in [6.45, 7) is 9.20. The molecule has 1 radical (unpaired) electrons. The van der Waals surface area contributed by atoms with Crippen LogP contribution in [0.1, 0.15) is 19.4 Å². The number of hydrogen-bond acceptors (Lipinski definition) is 5. The van der Waals surface area contributed by atoms with E-state index in [9.17, 15) is 8.42 Å². The fourth-order valence-electron chi connectivity index (χ4n) is 2.41. The van der Waals surface area contributed by atoms with Gasteiger partial charge in [0.25, 0.3) is 10.1 Å². The maximum Gasteiger partial charge on any atom is 0.297 e. The van der Waals surface area contributed by atoms with Crippen LogP contribution >= 0.6 is 0 Å². The van der Waals surface area contributed by atoms with E-state index >= 15 is 0 Å². The number of morpholine rings is 1. The largest absolute Gasteiger partial charge is 0.373 e. The molecule has 22 heavy (non-hydrogen) atoms. The minimum absolute atomic E-state index is 0.0511. The molecule has 0 bridgehead atoms. The Morgan fingerprint density at radius 3 is 2.64 bits per heavy atom. The topological polar surface area (TPSA) is 55.8 Å². The first-order valence-electron chi connectivity index (χ1n) is 7.46. The molecule has 0 aromatic heterocycles. The third kappa shape index (κ3) is 5.05. The quantitative estimate of drug-likeness (QED) is 0.749. The molecule has 6 heteroatoms. The zero-order chi connectivity index (χ0) is 16.2. The van der Waals surface area contributed by atoms with Gasteiger partial charge >= 0.3 is 0 Å². The third-order valence-electron chi connectivity index (χ3n) is 3.48. The van der Waals surface area contributed by atoms with Crippen LogP contribution in [0.2, 0.25) is 0 Å². The first-order chi connectivity index (χ1) is 10.4. The molecule has 0 amide bonds. The summed E-state index contributed by atoms with van der Waals surface area (Å²) in [5.74, 6) is 1.33. The minimum atomic E-state index is -3.72. The summed E-state index contributed by atoms with van der Waals surface area (Å²) in [4.78, 5) is 2.44. The lowest BCUT2D eigenvalue weighted by Crippen LogP contribution is -2.45. The highest BCUT2D eigenvalue weighted by Gasteiger charge is 2.24. The predicted molar refractivity (Wildman–Crippen MR) is 85.1 cm³/mol. The summed E-state index contributed by atoms with van der Waals surface area (Å²) >= 11 is 0. The van der Waals surface area contributed by atoms with E-state index in [1.165, 1.54) is 5.92 Å². The molecule has 1 aliphatic heterocycles. The van der Waals surface area contributed by atoms with Crippen molar-refractivity contribution in [1.29, 1.82) is 0 Å². The van der Waals surface area contributed by atoms with E-state index in [1.807, 2.05) is 6.92 Å². The number of benzene rings is 1. The number of aryl methyl sites for hydroxylation is 1. The predicted octanol–water partition coefficient (Wildman–Crippen LogP) is 2.02. The van der Waals surface area contributed by atoms with Gasteiger partial charge in [-0.05, 0) is 25.0 Å². The molecule has 0 saturated carbocycles. The van der Waals surface area contributed by atoms with E-state index in [4.69, 9.17) is 8.92 Å². The van der Waals surface area contributed by atoms with Crippen molar-refractivity contribution in [2.75, 3.05) is 32.8 Å². The van der Waals surface area contributed by atoms with Gasteiger partial charge in [0, 0.05) is 19.6 Å². The summed E-state index contributed by atoms with van der Waals surface area (Å²) in [5.41, 5.74) is 1.01. The maximum absolute atomic E-state index is 12.1. The molecular formula is C16H24NO4S. The summed E-state index contributed by atoms with van der Waals surface area (Å²) in [7, 11) is -3.72. The number of nitrogens with zero attached hydrogens (tertiary/aromatic N) is 1. The van der Waals surface area contributed by atoms with Crippen LogP contribution in [0.15, 0.2) is 29.2 Å². The maximum atomic E-state index is 12.1. The lowest BCUT2D eigenvalue weighted by Gasteiger charge is -2.33. The number of ether oxygens (including phenoxy) is 1. The van der Waals surface area contributed by atoms with Gasteiger partial charge in [0.2, 0.25) is 0 Å². The van der Waals surface area contributed by atoms with Gasteiger partial charge < -0.3 is 4.74 Å². The van der Waals surface area contributed by atoms with Crippen molar-refractivity contribution >= 4 is 10.1 Å². The van der Waals surface area contributed by atoms with E-state index in [0.717, 1.165) is 18.7 Å². The van der Waals surface area contributed by atoms with Crippen LogP contribution in [-0.2, 0) is 19.0 Å². The lowest BCUT2D eigenvalue weighted by molar-refractivity contribution is -0.0455. The Kier molecular flexibility index (Phi) is 5.97. The van der Waals surface area contributed by atoms with Crippen LogP contribution in [0, 0.1) is 12.8 Å². The van der Waals surface area contributed by atoms with Gasteiger partial charge in [-0.1, -0.05) is 31.5 Å². The molecule has 5 nitrogen and oxygen atoms in total. The van der Waals surface area contributed by atoms with Crippen molar-refractivity contribution < 1.29 is 17.3 Å². The zero-order valence-electron chi connectivity index (χ0n) is 13.4. The molecule has 0 unspecified atom stereocenters. The van der Waals surface area contributed by atoms with E-state index in [2.05, 4.69) is 18.7 Å². The van der Waals surface area contributed by atoms with Crippen molar-refractivity contribution in [1.82, 2.24) is 4.90 Å². The summed E-state index contributed by atoms with van der Waals surface area (Å²) < 4.78 is 35.1. The molecule has 123 valence electrons. The van der Waals surface area contributed by atoms with Gasteiger partial charge in [0.1, 0.15) is 0 Å². The Labute approximate surface area is 133 Å². The highest BCUT2D eigenvalue weighted by molar-refractivity contribution is 7.86. The molecular weight excluding hydrogens is 302 g/mol. The fourth-order valence-corrected chi connectivity index (χ4v) is 3.35. The minimum Gasteiger partial charge on any atom is -0.373 e. The van der Waals surface area contributed by atoms with E-state index in [1.54, 1.807) is 24.3 Å². The van der Waals surface area contributed by atoms with E-state index in [0.29, 0.717) is 13.2 Å². The van der Waals surface area contributed by atoms with E-state index < -0.39 is 10.1 Å².